The second kappa shape index (κ2) is 4.85. The van der Waals surface area contributed by atoms with Crippen molar-refractivity contribution < 1.29 is 0 Å². The highest BCUT2D eigenvalue weighted by Gasteiger charge is 2.05. The molecule has 2 heteroatoms. The molecule has 0 aliphatic carbocycles. The third-order valence-electron chi connectivity index (χ3n) is 2.46. The van der Waals surface area contributed by atoms with Crippen molar-refractivity contribution >= 4 is 5.57 Å². The summed E-state index contributed by atoms with van der Waals surface area (Å²) < 4.78 is 0. The standard InChI is InChI=1S/C11H18N2/c1-4-9(5-2)10(6-3)11-7-12-8-13-11/h7-8H,4-6H2,1-3H3,(H,12,13). The normalized spacial score (nSPS) is 10.1. The van der Waals surface area contributed by atoms with E-state index in [-0.39, 0.29) is 0 Å². The molecular weight excluding hydrogens is 160 g/mol. The molecule has 0 aliphatic heterocycles. The lowest BCUT2D eigenvalue weighted by atomic mass is 9.99. The smallest absolute Gasteiger partial charge is 0.0924 e. The fourth-order valence-electron chi connectivity index (χ4n) is 1.73. The number of rotatable bonds is 4. The number of aromatic nitrogens is 2. The minimum absolute atomic E-state index is 1.08. The fourth-order valence-corrected chi connectivity index (χ4v) is 1.73. The molecule has 0 amide bonds. The maximum atomic E-state index is 4.05. The highest BCUT2D eigenvalue weighted by atomic mass is 14.9. The van der Waals surface area contributed by atoms with Crippen molar-refractivity contribution in [3.63, 3.8) is 0 Å². The molecule has 1 rings (SSSR count). The van der Waals surface area contributed by atoms with Crippen molar-refractivity contribution in [2.24, 2.45) is 0 Å². The van der Waals surface area contributed by atoms with E-state index in [9.17, 15) is 0 Å². The van der Waals surface area contributed by atoms with Gasteiger partial charge in [0.15, 0.2) is 0 Å². The Labute approximate surface area is 80.1 Å². The summed E-state index contributed by atoms with van der Waals surface area (Å²) in [7, 11) is 0. The van der Waals surface area contributed by atoms with E-state index in [1.165, 1.54) is 16.8 Å². The Balaban J connectivity index is 3.02. The first-order chi connectivity index (χ1) is 6.33. The van der Waals surface area contributed by atoms with Gasteiger partial charge in [0.1, 0.15) is 0 Å². The van der Waals surface area contributed by atoms with Crippen molar-refractivity contribution in [1.29, 1.82) is 0 Å². The third-order valence-corrected chi connectivity index (χ3v) is 2.46. The van der Waals surface area contributed by atoms with Gasteiger partial charge >= 0.3 is 0 Å². The van der Waals surface area contributed by atoms with Gasteiger partial charge in [0.25, 0.3) is 0 Å². The van der Waals surface area contributed by atoms with Crippen molar-refractivity contribution in [3.8, 4) is 0 Å². The van der Waals surface area contributed by atoms with Crippen LogP contribution in [0.25, 0.3) is 5.57 Å². The number of H-pyrrole nitrogens is 1. The van der Waals surface area contributed by atoms with Gasteiger partial charge in [-0.1, -0.05) is 26.3 Å². The molecule has 1 heterocycles. The number of nitrogens with zero attached hydrogens (tertiary/aromatic N) is 1. The predicted octanol–water partition coefficient (Wildman–Crippen LogP) is 3.39. The Morgan fingerprint density at radius 3 is 2.31 bits per heavy atom. The van der Waals surface area contributed by atoms with Gasteiger partial charge in [-0.3, -0.25) is 0 Å². The van der Waals surface area contributed by atoms with Crippen molar-refractivity contribution in [2.75, 3.05) is 0 Å². The lowest BCUT2D eigenvalue weighted by molar-refractivity contribution is 0.962. The van der Waals surface area contributed by atoms with Crippen LogP contribution in [0.2, 0.25) is 0 Å². The molecule has 0 unspecified atom stereocenters. The summed E-state index contributed by atoms with van der Waals surface area (Å²) >= 11 is 0. The Kier molecular flexibility index (Phi) is 3.74. The third kappa shape index (κ3) is 2.20. The van der Waals surface area contributed by atoms with E-state index in [4.69, 9.17) is 0 Å². The Morgan fingerprint density at radius 2 is 1.92 bits per heavy atom. The fraction of sp³-hybridized carbons (Fsp3) is 0.545. The number of imidazole rings is 1. The van der Waals surface area contributed by atoms with Crippen LogP contribution in [0.1, 0.15) is 45.7 Å². The molecule has 13 heavy (non-hydrogen) atoms. The number of nitrogens with one attached hydrogen (secondary N) is 1. The zero-order chi connectivity index (χ0) is 9.68. The Bertz CT molecular complexity index is 264. The molecule has 0 atom stereocenters. The molecule has 1 aromatic rings. The van der Waals surface area contributed by atoms with Crippen molar-refractivity contribution in [2.45, 2.75) is 40.0 Å². The maximum absolute atomic E-state index is 4.05. The van der Waals surface area contributed by atoms with E-state index < -0.39 is 0 Å². The quantitative estimate of drug-likeness (QED) is 0.752. The van der Waals surface area contributed by atoms with Gasteiger partial charge in [-0.05, 0) is 24.8 Å². The average Bonchev–Trinajstić information content (AvgIpc) is 2.66. The molecule has 0 bridgehead atoms. The highest BCUT2D eigenvalue weighted by molar-refractivity contribution is 5.65. The molecule has 0 aromatic carbocycles. The lowest BCUT2D eigenvalue weighted by Crippen LogP contribution is -1.90. The Morgan fingerprint density at radius 1 is 1.23 bits per heavy atom. The molecular formula is C11H18N2. The van der Waals surface area contributed by atoms with Crippen LogP contribution in [0.15, 0.2) is 18.1 Å². The topological polar surface area (TPSA) is 28.7 Å². The molecule has 0 spiro atoms. The summed E-state index contributed by atoms with van der Waals surface area (Å²) in [5, 5.41) is 0. The largest absolute Gasteiger partial charge is 0.345 e. The highest BCUT2D eigenvalue weighted by Crippen LogP contribution is 2.23. The number of hydrogen-bond donors (Lipinski definition) is 1. The number of hydrogen-bond acceptors (Lipinski definition) is 1. The molecule has 0 radical (unpaired) electrons. The maximum Gasteiger partial charge on any atom is 0.0924 e. The second-order valence-electron chi connectivity index (χ2n) is 3.11. The van der Waals surface area contributed by atoms with Crippen LogP contribution in [0, 0.1) is 0 Å². The summed E-state index contributed by atoms with van der Waals surface area (Å²) in [4.78, 5) is 7.22. The van der Waals surface area contributed by atoms with E-state index in [2.05, 4.69) is 30.7 Å². The van der Waals surface area contributed by atoms with Crippen LogP contribution in [0.4, 0.5) is 0 Å². The SMILES string of the molecule is CCC(CC)=C(CC)c1cnc[nH]1. The molecule has 0 saturated carbocycles. The van der Waals surface area contributed by atoms with Gasteiger partial charge in [0, 0.05) is 0 Å². The average molecular weight is 178 g/mol. The van der Waals surface area contributed by atoms with Crippen molar-refractivity contribution in [3.05, 3.63) is 23.8 Å². The number of aromatic amines is 1. The first kappa shape index (κ1) is 10.0. The van der Waals surface area contributed by atoms with Gasteiger partial charge in [-0.15, -0.1) is 0 Å². The van der Waals surface area contributed by atoms with Crippen LogP contribution < -0.4 is 0 Å². The lowest BCUT2D eigenvalue weighted by Gasteiger charge is -2.08. The van der Waals surface area contributed by atoms with Crippen LogP contribution in [-0.4, -0.2) is 9.97 Å². The van der Waals surface area contributed by atoms with Gasteiger partial charge in [-0.25, -0.2) is 4.98 Å². The summed E-state index contributed by atoms with van der Waals surface area (Å²) in [6.45, 7) is 6.62. The van der Waals surface area contributed by atoms with Crippen LogP contribution in [0.5, 0.6) is 0 Å². The van der Waals surface area contributed by atoms with Crippen LogP contribution in [0.3, 0.4) is 0 Å². The van der Waals surface area contributed by atoms with Crippen LogP contribution >= 0.6 is 0 Å². The van der Waals surface area contributed by atoms with E-state index in [0.717, 1.165) is 19.3 Å². The first-order valence-electron chi connectivity index (χ1n) is 5.03. The molecule has 1 aromatic heterocycles. The van der Waals surface area contributed by atoms with E-state index >= 15 is 0 Å². The van der Waals surface area contributed by atoms with Crippen molar-refractivity contribution in [1.82, 2.24) is 9.97 Å². The molecule has 0 aliphatic rings. The van der Waals surface area contributed by atoms with Gasteiger partial charge < -0.3 is 4.98 Å². The molecule has 0 fully saturated rings. The molecule has 0 saturated heterocycles. The molecule has 1 N–H and O–H groups in total. The summed E-state index contributed by atoms with van der Waals surface area (Å²) in [6, 6.07) is 0. The predicted molar refractivity (Wildman–Crippen MR) is 56.4 cm³/mol. The van der Waals surface area contributed by atoms with Gasteiger partial charge in [0.05, 0.1) is 18.2 Å². The second-order valence-corrected chi connectivity index (χ2v) is 3.11. The Hall–Kier alpha value is -1.05. The number of allylic oxidation sites excluding steroid dienone is 2. The minimum atomic E-state index is 1.08. The van der Waals surface area contributed by atoms with Crippen LogP contribution in [-0.2, 0) is 0 Å². The minimum Gasteiger partial charge on any atom is -0.345 e. The van der Waals surface area contributed by atoms with E-state index in [0.29, 0.717) is 0 Å². The van der Waals surface area contributed by atoms with Gasteiger partial charge in [-0.2, -0.15) is 0 Å². The van der Waals surface area contributed by atoms with E-state index in [1.807, 2.05) is 6.20 Å². The summed E-state index contributed by atoms with van der Waals surface area (Å²) in [5.74, 6) is 0. The summed E-state index contributed by atoms with van der Waals surface area (Å²) in [6.07, 6.45) is 7.01. The summed E-state index contributed by atoms with van der Waals surface area (Å²) in [5.41, 5.74) is 4.15. The first-order valence-corrected chi connectivity index (χ1v) is 5.03. The zero-order valence-corrected chi connectivity index (χ0v) is 8.72. The monoisotopic (exact) mass is 178 g/mol. The molecule has 72 valence electrons. The molecule has 2 nitrogen and oxygen atoms in total. The van der Waals surface area contributed by atoms with E-state index in [1.54, 1.807) is 6.33 Å². The van der Waals surface area contributed by atoms with Gasteiger partial charge in [0.2, 0.25) is 0 Å². The zero-order valence-electron chi connectivity index (χ0n) is 8.72.